The van der Waals surface area contributed by atoms with Gasteiger partial charge < -0.3 is 5.32 Å². The number of nitrogens with one attached hydrogen (secondary N) is 2. The van der Waals surface area contributed by atoms with Crippen molar-refractivity contribution in [3.8, 4) is 0 Å². The van der Waals surface area contributed by atoms with Crippen LogP contribution < -0.4 is 10.7 Å². The molecule has 0 saturated heterocycles. The van der Waals surface area contributed by atoms with Crippen molar-refractivity contribution < 1.29 is 9.59 Å². The topological polar surface area (TPSA) is 70.6 Å². The third kappa shape index (κ3) is 4.06. The second kappa shape index (κ2) is 6.84. The lowest BCUT2D eigenvalue weighted by molar-refractivity contribution is -0.136. The molecule has 5 nitrogen and oxygen atoms in total. The fraction of sp³-hybridized carbons (Fsp3) is 0. The number of benzene rings is 2. The van der Waals surface area contributed by atoms with Crippen LogP contribution in [-0.4, -0.2) is 18.0 Å². The molecule has 2 N–H and O–H groups in total. The highest BCUT2D eigenvalue weighted by atomic mass is 16.2. The van der Waals surface area contributed by atoms with E-state index in [1.807, 2.05) is 36.4 Å². The van der Waals surface area contributed by atoms with Crippen LogP contribution in [0.15, 0.2) is 65.8 Å². The molecule has 100 valence electrons. The fourth-order valence-corrected chi connectivity index (χ4v) is 1.46. The second-order valence-corrected chi connectivity index (χ2v) is 3.93. The first-order valence-corrected chi connectivity index (χ1v) is 6.00. The molecule has 0 atom stereocenters. The van der Waals surface area contributed by atoms with Crippen molar-refractivity contribution in [3.05, 3.63) is 66.2 Å². The van der Waals surface area contributed by atoms with Crippen molar-refractivity contribution >= 4 is 23.7 Å². The van der Waals surface area contributed by atoms with Gasteiger partial charge in [-0.25, -0.2) is 5.43 Å². The standard InChI is InChI=1S/C15H13N3O2/c19-14(17-13-9-5-2-6-10-13)15(20)18-16-11-12-7-3-1-4-8-12/h1-11H,(H,17,19)(H,18,20). The summed E-state index contributed by atoms with van der Waals surface area (Å²) >= 11 is 0. The molecule has 0 unspecified atom stereocenters. The molecule has 0 heterocycles. The smallest absolute Gasteiger partial charge is 0.318 e. The number of amides is 2. The summed E-state index contributed by atoms with van der Waals surface area (Å²) in [7, 11) is 0. The second-order valence-electron chi connectivity index (χ2n) is 3.93. The molecule has 2 aromatic carbocycles. The monoisotopic (exact) mass is 267 g/mol. The number of para-hydroxylation sites is 1. The Morgan fingerprint density at radius 3 is 2.10 bits per heavy atom. The molecule has 0 aliphatic rings. The van der Waals surface area contributed by atoms with Gasteiger partial charge in [-0.15, -0.1) is 0 Å². The molecule has 2 aromatic rings. The molecule has 0 saturated carbocycles. The van der Waals surface area contributed by atoms with Gasteiger partial charge in [0, 0.05) is 5.69 Å². The molecule has 0 radical (unpaired) electrons. The highest BCUT2D eigenvalue weighted by Gasteiger charge is 2.12. The maximum Gasteiger partial charge on any atom is 0.329 e. The molecule has 20 heavy (non-hydrogen) atoms. The lowest BCUT2D eigenvalue weighted by Crippen LogP contribution is -2.32. The summed E-state index contributed by atoms with van der Waals surface area (Å²) in [6, 6.07) is 18.0. The van der Waals surface area contributed by atoms with Gasteiger partial charge in [-0.05, 0) is 17.7 Å². The van der Waals surface area contributed by atoms with Gasteiger partial charge in [-0.3, -0.25) is 9.59 Å². The zero-order valence-electron chi connectivity index (χ0n) is 10.6. The van der Waals surface area contributed by atoms with E-state index in [-0.39, 0.29) is 0 Å². The SMILES string of the molecule is O=C(NN=Cc1ccccc1)C(=O)Nc1ccccc1. The summed E-state index contributed by atoms with van der Waals surface area (Å²) in [5.74, 6) is -1.58. The molecule has 0 fully saturated rings. The first kappa shape index (κ1) is 13.5. The number of nitrogens with zero attached hydrogens (tertiary/aromatic N) is 1. The number of carbonyl (C=O) groups excluding carboxylic acids is 2. The van der Waals surface area contributed by atoms with Crippen molar-refractivity contribution in [1.82, 2.24) is 5.43 Å². The van der Waals surface area contributed by atoms with Crippen LogP contribution in [0.1, 0.15) is 5.56 Å². The molecule has 5 heteroatoms. The Labute approximate surface area is 116 Å². The lowest BCUT2D eigenvalue weighted by atomic mass is 10.2. The van der Waals surface area contributed by atoms with Gasteiger partial charge in [0.1, 0.15) is 0 Å². The van der Waals surface area contributed by atoms with Crippen molar-refractivity contribution in [2.24, 2.45) is 5.10 Å². The van der Waals surface area contributed by atoms with E-state index in [1.54, 1.807) is 24.3 Å². The van der Waals surface area contributed by atoms with E-state index in [2.05, 4.69) is 15.8 Å². The Morgan fingerprint density at radius 2 is 1.45 bits per heavy atom. The van der Waals surface area contributed by atoms with Crippen LogP contribution >= 0.6 is 0 Å². The van der Waals surface area contributed by atoms with E-state index >= 15 is 0 Å². The third-order valence-electron chi connectivity index (χ3n) is 2.42. The lowest BCUT2D eigenvalue weighted by Gasteiger charge is -2.02. The number of carbonyl (C=O) groups is 2. The van der Waals surface area contributed by atoms with Gasteiger partial charge in [0.15, 0.2) is 0 Å². The number of hydrazone groups is 1. The summed E-state index contributed by atoms with van der Waals surface area (Å²) < 4.78 is 0. The predicted octanol–water partition coefficient (Wildman–Crippen LogP) is 1.78. The zero-order chi connectivity index (χ0) is 14.2. The predicted molar refractivity (Wildman–Crippen MR) is 77.3 cm³/mol. The third-order valence-corrected chi connectivity index (χ3v) is 2.42. The van der Waals surface area contributed by atoms with Crippen LogP contribution in [0.4, 0.5) is 5.69 Å². The van der Waals surface area contributed by atoms with Gasteiger partial charge in [0.2, 0.25) is 0 Å². The molecule has 0 aliphatic heterocycles. The summed E-state index contributed by atoms with van der Waals surface area (Å²) in [6.45, 7) is 0. The summed E-state index contributed by atoms with van der Waals surface area (Å²) in [5.41, 5.74) is 3.55. The summed E-state index contributed by atoms with van der Waals surface area (Å²) in [4.78, 5) is 23.1. The Bertz CT molecular complexity index is 610. The molecular formula is C15H13N3O2. The maximum atomic E-state index is 11.6. The van der Waals surface area contributed by atoms with E-state index in [1.165, 1.54) is 6.21 Å². The molecule has 0 bridgehead atoms. The van der Waals surface area contributed by atoms with Crippen LogP contribution in [-0.2, 0) is 9.59 Å². The Morgan fingerprint density at radius 1 is 0.850 bits per heavy atom. The number of rotatable bonds is 3. The van der Waals surface area contributed by atoms with Crippen molar-refractivity contribution in [2.75, 3.05) is 5.32 Å². The van der Waals surface area contributed by atoms with Gasteiger partial charge >= 0.3 is 11.8 Å². The van der Waals surface area contributed by atoms with Gasteiger partial charge in [-0.2, -0.15) is 5.10 Å². The minimum atomic E-state index is -0.818. The highest BCUT2D eigenvalue weighted by Crippen LogP contribution is 2.04. The summed E-state index contributed by atoms with van der Waals surface area (Å²) in [5, 5.41) is 6.18. The average molecular weight is 267 g/mol. The van der Waals surface area contributed by atoms with E-state index in [0.717, 1.165) is 5.56 Å². The van der Waals surface area contributed by atoms with E-state index in [4.69, 9.17) is 0 Å². The van der Waals surface area contributed by atoms with Crippen LogP contribution in [0.5, 0.6) is 0 Å². The van der Waals surface area contributed by atoms with E-state index in [9.17, 15) is 9.59 Å². The van der Waals surface area contributed by atoms with Crippen LogP contribution in [0.3, 0.4) is 0 Å². The van der Waals surface area contributed by atoms with Gasteiger partial charge in [0.25, 0.3) is 0 Å². The minimum Gasteiger partial charge on any atom is -0.318 e. The zero-order valence-corrected chi connectivity index (χ0v) is 10.6. The van der Waals surface area contributed by atoms with Crippen LogP contribution in [0, 0.1) is 0 Å². The molecule has 0 aliphatic carbocycles. The Kier molecular flexibility index (Phi) is 4.61. The molecular weight excluding hydrogens is 254 g/mol. The van der Waals surface area contributed by atoms with E-state index in [0.29, 0.717) is 5.69 Å². The quantitative estimate of drug-likeness (QED) is 0.505. The number of anilines is 1. The minimum absolute atomic E-state index is 0.555. The molecule has 0 aromatic heterocycles. The maximum absolute atomic E-state index is 11.6. The van der Waals surface area contributed by atoms with Crippen LogP contribution in [0.2, 0.25) is 0 Å². The van der Waals surface area contributed by atoms with Crippen LogP contribution in [0.25, 0.3) is 0 Å². The van der Waals surface area contributed by atoms with Crippen molar-refractivity contribution in [1.29, 1.82) is 0 Å². The van der Waals surface area contributed by atoms with Gasteiger partial charge in [-0.1, -0.05) is 48.5 Å². The summed E-state index contributed by atoms with van der Waals surface area (Å²) in [6.07, 6.45) is 1.47. The van der Waals surface area contributed by atoms with Gasteiger partial charge in [0.05, 0.1) is 6.21 Å². The Balaban J connectivity index is 1.86. The van der Waals surface area contributed by atoms with Crippen molar-refractivity contribution in [2.45, 2.75) is 0 Å². The molecule has 0 spiro atoms. The molecule has 2 amide bonds. The molecule has 2 rings (SSSR count). The largest absolute Gasteiger partial charge is 0.329 e. The Hall–Kier alpha value is -2.95. The average Bonchev–Trinajstić information content (AvgIpc) is 2.49. The highest BCUT2D eigenvalue weighted by molar-refractivity contribution is 6.39. The first-order chi connectivity index (χ1) is 9.75. The number of hydrogen-bond donors (Lipinski definition) is 2. The van der Waals surface area contributed by atoms with Crippen molar-refractivity contribution in [3.63, 3.8) is 0 Å². The number of hydrogen-bond acceptors (Lipinski definition) is 3. The van der Waals surface area contributed by atoms with E-state index < -0.39 is 11.8 Å². The normalized spacial score (nSPS) is 10.2. The fourth-order valence-electron chi connectivity index (χ4n) is 1.46. The first-order valence-electron chi connectivity index (χ1n) is 6.00.